The molecule has 4 saturated carbocycles. The van der Waals surface area contributed by atoms with Crippen LogP contribution < -0.4 is 10.1 Å². The maximum atomic E-state index is 13.7. The molecule has 268 valence electrons. The number of ether oxygens (including phenoxy) is 3. The van der Waals surface area contributed by atoms with Crippen LogP contribution in [0.3, 0.4) is 0 Å². The van der Waals surface area contributed by atoms with E-state index in [2.05, 4.69) is 5.32 Å². The number of hydrogen-bond acceptors (Lipinski definition) is 11. The van der Waals surface area contributed by atoms with Crippen LogP contribution in [-0.2, 0) is 34.6 Å². The van der Waals surface area contributed by atoms with E-state index in [-0.39, 0.29) is 29.1 Å². The number of hydrogen-bond donors (Lipinski definition) is 6. The molecular formula is C31H39ClF3NO12. The van der Waals surface area contributed by atoms with Gasteiger partial charge in [-0.05, 0) is 68.4 Å². The third-order valence-corrected chi connectivity index (χ3v) is 11.1. The van der Waals surface area contributed by atoms with Crippen LogP contribution in [0.4, 0.5) is 13.2 Å². The molecule has 2 aliphatic heterocycles. The van der Waals surface area contributed by atoms with Gasteiger partial charge in [-0.25, -0.2) is 9.68 Å². The van der Waals surface area contributed by atoms with Gasteiger partial charge in [-0.2, -0.15) is 18.1 Å². The number of halogens is 4. The largest absolute Gasteiger partial charge is 0.476 e. The standard InChI is InChI=1S/C31H39ClF3NO12/c1-14-3-4-17(31(44-13-29(33,34)35)30(47-48-31)18-5-16-6-19(30)10-27(32,8-16)9-18)7-22(14)45-28(26(42)43)11-20(39)23(36-15(2)38)25(46-28)24(41)21(40)12-37/h3-4,7,16,18-21,23-25,37,39-41H,5-6,8-13H2,1-2H3,(H,36,38)(H,42,43). The van der Waals surface area contributed by atoms with Crippen LogP contribution in [0.2, 0.25) is 0 Å². The summed E-state index contributed by atoms with van der Waals surface area (Å²) in [7, 11) is 0. The Morgan fingerprint density at radius 1 is 1.12 bits per heavy atom. The predicted molar refractivity (Wildman–Crippen MR) is 155 cm³/mol. The van der Waals surface area contributed by atoms with Crippen molar-refractivity contribution in [3.63, 3.8) is 0 Å². The minimum atomic E-state index is -4.74. The SMILES string of the molecule is CC(=O)NC1C(O)CC(Oc2cc(C3(OCC(F)(F)F)OOC34C3CC5CC4CC(Cl)(C5)C3)ccc2C)(C(=O)O)OC1C(O)C(O)CO. The summed E-state index contributed by atoms with van der Waals surface area (Å²) in [6.45, 7) is -0.00546. The lowest BCUT2D eigenvalue weighted by molar-refractivity contribution is -0.650. The van der Waals surface area contributed by atoms with E-state index in [4.69, 9.17) is 35.6 Å². The highest BCUT2D eigenvalue weighted by Gasteiger charge is 2.79. The molecule has 4 aliphatic carbocycles. The smallest absolute Gasteiger partial charge is 0.411 e. The summed E-state index contributed by atoms with van der Waals surface area (Å²) in [5.41, 5.74) is -0.974. The molecule has 1 aromatic rings. The van der Waals surface area contributed by atoms with Gasteiger partial charge >= 0.3 is 17.9 Å². The lowest BCUT2D eigenvalue weighted by Crippen LogP contribution is -2.78. The van der Waals surface area contributed by atoms with E-state index >= 15 is 0 Å². The molecule has 4 bridgehead atoms. The number of benzene rings is 1. The second kappa shape index (κ2) is 12.2. The monoisotopic (exact) mass is 709 g/mol. The zero-order chi connectivity index (χ0) is 35.0. The van der Waals surface area contributed by atoms with Crippen LogP contribution in [0.15, 0.2) is 18.2 Å². The summed E-state index contributed by atoms with van der Waals surface area (Å²) in [6.07, 6.45) is -9.87. The molecule has 6 aliphatic rings. The van der Waals surface area contributed by atoms with Crippen molar-refractivity contribution in [2.24, 2.45) is 17.8 Å². The average molecular weight is 710 g/mol. The van der Waals surface area contributed by atoms with Crippen molar-refractivity contribution in [1.82, 2.24) is 5.32 Å². The summed E-state index contributed by atoms with van der Waals surface area (Å²) >= 11 is 6.94. The van der Waals surface area contributed by atoms with Crippen LogP contribution in [-0.4, -0.2) is 104 Å². The van der Waals surface area contributed by atoms with E-state index < -0.39 is 90.2 Å². The molecule has 6 N–H and O–H groups in total. The molecule has 1 spiro atoms. The van der Waals surface area contributed by atoms with Crippen LogP contribution in [0.1, 0.15) is 56.6 Å². The van der Waals surface area contributed by atoms with Crippen molar-refractivity contribution in [2.45, 2.75) is 111 Å². The molecule has 48 heavy (non-hydrogen) atoms. The maximum absolute atomic E-state index is 13.7. The van der Waals surface area contributed by atoms with Gasteiger partial charge in [0, 0.05) is 17.4 Å². The number of alkyl halides is 4. The third-order valence-electron chi connectivity index (χ3n) is 10.6. The van der Waals surface area contributed by atoms with Crippen molar-refractivity contribution in [2.75, 3.05) is 13.2 Å². The summed E-state index contributed by atoms with van der Waals surface area (Å²) in [4.78, 5) is 35.6. The van der Waals surface area contributed by atoms with E-state index in [1.54, 1.807) is 0 Å². The van der Waals surface area contributed by atoms with Crippen molar-refractivity contribution in [3.8, 4) is 5.75 Å². The minimum absolute atomic E-state index is 0.0509. The van der Waals surface area contributed by atoms with Crippen LogP contribution in [0.25, 0.3) is 0 Å². The Balaban J connectivity index is 1.39. The molecule has 7 rings (SSSR count). The fourth-order valence-corrected chi connectivity index (χ4v) is 9.35. The Bertz CT molecular complexity index is 1420. The topological polar surface area (TPSA) is 193 Å². The molecule has 13 nitrogen and oxygen atoms in total. The molecule has 0 radical (unpaired) electrons. The Labute approximate surface area is 278 Å². The van der Waals surface area contributed by atoms with Crippen LogP contribution in [0, 0.1) is 24.7 Å². The van der Waals surface area contributed by atoms with Crippen molar-refractivity contribution in [1.29, 1.82) is 0 Å². The predicted octanol–water partition coefficient (Wildman–Crippen LogP) is 1.77. The van der Waals surface area contributed by atoms with Crippen molar-refractivity contribution in [3.05, 3.63) is 29.3 Å². The first kappa shape index (κ1) is 35.5. The number of aliphatic hydroxyl groups excluding tert-OH is 4. The highest BCUT2D eigenvalue weighted by Crippen LogP contribution is 2.71. The van der Waals surface area contributed by atoms with Gasteiger partial charge in [-0.15, -0.1) is 11.6 Å². The van der Waals surface area contributed by atoms with Crippen LogP contribution >= 0.6 is 11.6 Å². The molecule has 6 fully saturated rings. The van der Waals surface area contributed by atoms with E-state index in [1.807, 2.05) is 0 Å². The summed E-state index contributed by atoms with van der Waals surface area (Å²) < 4.78 is 58.5. The van der Waals surface area contributed by atoms with Gasteiger partial charge in [0.2, 0.25) is 5.91 Å². The van der Waals surface area contributed by atoms with Crippen LogP contribution in [0.5, 0.6) is 5.75 Å². The number of carboxylic acid groups (broad SMARTS) is 1. The zero-order valence-corrected chi connectivity index (χ0v) is 26.9. The molecule has 0 aromatic heterocycles. The molecule has 9 atom stereocenters. The number of carbonyl (C=O) groups is 2. The van der Waals surface area contributed by atoms with E-state index in [0.717, 1.165) is 13.3 Å². The molecule has 1 amide bonds. The van der Waals surface area contributed by atoms with Gasteiger partial charge in [-0.1, -0.05) is 12.1 Å². The number of aliphatic hydroxyl groups is 4. The fourth-order valence-electron chi connectivity index (χ4n) is 8.76. The summed E-state index contributed by atoms with van der Waals surface area (Å²) in [5.74, 6) is -7.80. The summed E-state index contributed by atoms with van der Waals surface area (Å²) in [5, 5.41) is 54.1. The van der Waals surface area contributed by atoms with Crippen molar-refractivity contribution >= 4 is 23.5 Å². The zero-order valence-electron chi connectivity index (χ0n) is 26.1. The van der Waals surface area contributed by atoms with E-state index in [0.29, 0.717) is 31.2 Å². The summed E-state index contributed by atoms with van der Waals surface area (Å²) in [6, 6.07) is 2.79. The Kier molecular flexibility index (Phi) is 9.03. The Morgan fingerprint density at radius 3 is 2.31 bits per heavy atom. The van der Waals surface area contributed by atoms with Gasteiger partial charge in [0.25, 0.3) is 5.79 Å². The lowest BCUT2D eigenvalue weighted by Gasteiger charge is -2.70. The number of rotatable bonds is 10. The molecular weight excluding hydrogens is 671 g/mol. The highest BCUT2D eigenvalue weighted by atomic mass is 35.5. The second-order valence-electron chi connectivity index (χ2n) is 13.9. The number of carbonyl (C=O) groups excluding carboxylic acids is 1. The van der Waals surface area contributed by atoms with E-state index in [1.165, 1.54) is 25.1 Å². The van der Waals surface area contributed by atoms with Gasteiger partial charge in [0.05, 0.1) is 25.2 Å². The number of carboxylic acids is 1. The Hall–Kier alpha value is -2.28. The quantitative estimate of drug-likeness (QED) is 0.153. The van der Waals surface area contributed by atoms with Gasteiger partial charge < -0.3 is 45.1 Å². The van der Waals surface area contributed by atoms with Gasteiger partial charge in [0.1, 0.15) is 30.7 Å². The van der Waals surface area contributed by atoms with Gasteiger partial charge in [0.15, 0.2) is 5.60 Å². The van der Waals surface area contributed by atoms with Crippen molar-refractivity contribution < 1.29 is 72.3 Å². The van der Waals surface area contributed by atoms with E-state index in [9.17, 15) is 48.3 Å². The Morgan fingerprint density at radius 2 is 1.79 bits per heavy atom. The second-order valence-corrected chi connectivity index (χ2v) is 14.7. The average Bonchev–Trinajstić information content (AvgIpc) is 2.97. The third kappa shape index (κ3) is 5.76. The number of aryl methyl sites for hydroxylation is 1. The fraction of sp³-hybridized carbons (Fsp3) is 0.742. The molecule has 2 saturated heterocycles. The first-order chi connectivity index (χ1) is 22.4. The normalized spacial score (nSPS) is 41.5. The maximum Gasteiger partial charge on any atom is 0.411 e. The molecule has 2 heterocycles. The lowest BCUT2D eigenvalue weighted by atomic mass is 9.46. The first-order valence-corrected chi connectivity index (χ1v) is 16.2. The minimum Gasteiger partial charge on any atom is -0.476 e. The molecule has 17 heteroatoms. The first-order valence-electron chi connectivity index (χ1n) is 15.8. The number of amides is 1. The number of aliphatic carboxylic acids is 1. The molecule has 1 aromatic carbocycles. The number of nitrogens with one attached hydrogen (secondary N) is 1. The highest BCUT2D eigenvalue weighted by molar-refractivity contribution is 6.24. The van der Waals surface area contributed by atoms with Gasteiger partial charge in [-0.3, -0.25) is 4.79 Å². The molecule has 9 unspecified atom stereocenters.